The summed E-state index contributed by atoms with van der Waals surface area (Å²) in [5, 5.41) is 71.7. The molecule has 11 atom stereocenters. The highest BCUT2D eigenvalue weighted by atomic mass is 16.7. The molecule has 3 aliphatic heterocycles. The van der Waals surface area contributed by atoms with E-state index in [2.05, 4.69) is 5.32 Å². The number of carbonyl (C=O) groups excluding carboxylic acids is 2. The zero-order valence-electron chi connectivity index (χ0n) is 23.4. The van der Waals surface area contributed by atoms with Gasteiger partial charge in [0.15, 0.2) is 5.60 Å². The molecule has 16 heteroatoms. The largest absolute Gasteiger partial charge is 0.497 e. The van der Waals surface area contributed by atoms with Crippen LogP contribution in [0.4, 0.5) is 0 Å². The van der Waals surface area contributed by atoms with Crippen LogP contribution in [0, 0.1) is 5.92 Å². The summed E-state index contributed by atoms with van der Waals surface area (Å²) >= 11 is 0. The summed E-state index contributed by atoms with van der Waals surface area (Å²) in [4.78, 5) is 25.1. The number of hydrogen-bond acceptors (Lipinski definition) is 14. The monoisotopic (exact) mass is 607 g/mol. The lowest BCUT2D eigenvalue weighted by atomic mass is 9.72. The van der Waals surface area contributed by atoms with E-state index in [-0.39, 0.29) is 18.3 Å². The number of aliphatic hydroxyl groups excluding tert-OH is 7. The van der Waals surface area contributed by atoms with E-state index in [9.17, 15) is 40.2 Å². The molecule has 3 aliphatic rings. The van der Waals surface area contributed by atoms with Crippen LogP contribution in [0.5, 0.6) is 11.5 Å². The molecule has 10 N–H and O–H groups in total. The van der Waals surface area contributed by atoms with E-state index in [1.54, 1.807) is 24.3 Å². The molecule has 3 fully saturated rings. The highest BCUT2D eigenvalue weighted by Crippen LogP contribution is 2.46. The maximum atomic E-state index is 13.3. The molecule has 3 heterocycles. The standard InChI is InChI=1S/C25H35NO13.CH4O.H2O/c1-11(29)26-18-15(30)8-25(39-22(18)20(33)16(31)9-27)7-14-19(32)23(36-13-5-3-12(35-2)4-6-13)37-17(10-28)21(14)38-24(25)34;1-2;/h3-6,14-23,27-28,30-33H,7-10H2,1-2H3,(H,26,29);2H,1H3;1H2/t14-,15+,16-,17-,18-,19-,20-,21-,22-,23-,25-;;/m1../s1. The second-order valence-corrected chi connectivity index (χ2v) is 10.1. The van der Waals surface area contributed by atoms with Crippen LogP contribution in [0.2, 0.25) is 0 Å². The Bertz CT molecular complexity index is 1010. The van der Waals surface area contributed by atoms with Gasteiger partial charge in [-0.25, -0.2) is 4.79 Å². The highest BCUT2D eigenvalue weighted by molar-refractivity contribution is 5.81. The van der Waals surface area contributed by atoms with E-state index in [1.165, 1.54) is 14.0 Å². The normalized spacial score (nSPS) is 35.2. The van der Waals surface area contributed by atoms with Crippen LogP contribution in [-0.4, -0.2) is 141 Å². The van der Waals surface area contributed by atoms with Crippen molar-refractivity contribution in [2.45, 2.75) is 80.4 Å². The molecule has 16 nitrogen and oxygen atoms in total. The number of benzene rings is 1. The number of hydrogen-bond donors (Lipinski definition) is 8. The number of aliphatic hydroxyl groups is 7. The molecule has 3 saturated heterocycles. The van der Waals surface area contributed by atoms with Crippen molar-refractivity contribution in [1.82, 2.24) is 5.32 Å². The third kappa shape index (κ3) is 7.28. The van der Waals surface area contributed by atoms with Gasteiger partial charge in [0.2, 0.25) is 12.2 Å². The Morgan fingerprint density at radius 2 is 1.74 bits per heavy atom. The topological polar surface area (TPSA) is 265 Å². The summed E-state index contributed by atoms with van der Waals surface area (Å²) < 4.78 is 28.3. The maximum Gasteiger partial charge on any atom is 0.338 e. The van der Waals surface area contributed by atoms with E-state index >= 15 is 0 Å². The number of rotatable bonds is 8. The molecule has 1 aromatic carbocycles. The predicted molar refractivity (Wildman–Crippen MR) is 140 cm³/mol. The van der Waals surface area contributed by atoms with Gasteiger partial charge in [-0.15, -0.1) is 0 Å². The van der Waals surface area contributed by atoms with Crippen LogP contribution in [-0.2, 0) is 23.8 Å². The van der Waals surface area contributed by atoms with Gasteiger partial charge in [0.25, 0.3) is 0 Å². The molecule has 1 aromatic rings. The van der Waals surface area contributed by atoms with Gasteiger partial charge in [0.05, 0.1) is 32.5 Å². The minimum Gasteiger partial charge on any atom is -0.497 e. The Kier molecular flexibility index (Phi) is 12.9. The SMILES string of the molecule is CO.COc1ccc(O[C@@H]2O[C@H](CO)[C@@H]3OC(=O)[C@@]4(C[C@@H]3[C@H]2O)C[C@H](O)[C@@H](NC(C)=O)[C@H]([C@H](O)[C@H](O)CO)O4)cc1.O. The maximum absolute atomic E-state index is 13.3. The fourth-order valence-electron chi connectivity index (χ4n) is 5.48. The van der Waals surface area contributed by atoms with Crippen molar-refractivity contribution in [2.75, 3.05) is 27.4 Å². The number of ether oxygens (including phenoxy) is 5. The Hall–Kier alpha value is -2.64. The number of esters is 1. The first kappa shape index (κ1) is 35.6. The fourth-order valence-corrected chi connectivity index (χ4v) is 5.48. The van der Waals surface area contributed by atoms with Gasteiger partial charge >= 0.3 is 5.97 Å². The summed E-state index contributed by atoms with van der Waals surface area (Å²) in [7, 11) is 2.51. The van der Waals surface area contributed by atoms with Gasteiger partial charge < -0.3 is 70.2 Å². The van der Waals surface area contributed by atoms with Crippen molar-refractivity contribution >= 4 is 11.9 Å². The van der Waals surface area contributed by atoms with Crippen LogP contribution in [0.15, 0.2) is 24.3 Å². The first-order valence-corrected chi connectivity index (χ1v) is 13.0. The van der Waals surface area contributed by atoms with Crippen molar-refractivity contribution in [1.29, 1.82) is 0 Å². The van der Waals surface area contributed by atoms with Crippen molar-refractivity contribution in [3.63, 3.8) is 0 Å². The average Bonchev–Trinajstić information content (AvgIpc) is 2.97. The smallest absolute Gasteiger partial charge is 0.338 e. The second-order valence-electron chi connectivity index (χ2n) is 10.1. The quantitative estimate of drug-likeness (QED) is 0.131. The zero-order valence-corrected chi connectivity index (χ0v) is 23.4. The first-order valence-electron chi connectivity index (χ1n) is 13.0. The molecule has 4 rings (SSSR count). The molecule has 42 heavy (non-hydrogen) atoms. The Balaban J connectivity index is 0.00000201. The Morgan fingerprint density at radius 3 is 2.29 bits per heavy atom. The predicted octanol–water partition coefficient (Wildman–Crippen LogP) is -4.02. The van der Waals surface area contributed by atoms with Crippen LogP contribution >= 0.6 is 0 Å². The highest BCUT2D eigenvalue weighted by Gasteiger charge is 2.62. The van der Waals surface area contributed by atoms with Crippen LogP contribution < -0.4 is 14.8 Å². The van der Waals surface area contributed by atoms with Crippen LogP contribution in [0.1, 0.15) is 19.8 Å². The van der Waals surface area contributed by atoms with E-state index in [0.29, 0.717) is 11.5 Å². The van der Waals surface area contributed by atoms with Gasteiger partial charge in [-0.2, -0.15) is 0 Å². The molecule has 0 bridgehead atoms. The summed E-state index contributed by atoms with van der Waals surface area (Å²) in [5.41, 5.74) is -1.90. The Labute approximate surface area is 241 Å². The zero-order chi connectivity index (χ0) is 30.5. The Morgan fingerprint density at radius 1 is 1.12 bits per heavy atom. The van der Waals surface area contributed by atoms with Gasteiger partial charge in [0.1, 0.15) is 48.1 Å². The number of fused-ring (bicyclic) bond motifs is 1. The molecule has 240 valence electrons. The van der Waals surface area contributed by atoms with Crippen molar-refractivity contribution in [3.8, 4) is 11.5 Å². The summed E-state index contributed by atoms with van der Waals surface area (Å²) in [6.07, 6.45) is -11.9. The molecule has 0 saturated carbocycles. The molecule has 0 aromatic heterocycles. The fraction of sp³-hybridized carbons (Fsp3) is 0.692. The van der Waals surface area contributed by atoms with Crippen molar-refractivity contribution in [3.05, 3.63) is 24.3 Å². The number of carbonyl (C=O) groups is 2. The summed E-state index contributed by atoms with van der Waals surface area (Å²) in [6, 6.07) is 5.25. The third-order valence-electron chi connectivity index (χ3n) is 7.44. The lowest BCUT2D eigenvalue weighted by Gasteiger charge is -2.54. The molecule has 0 unspecified atom stereocenters. The lowest BCUT2D eigenvalue weighted by molar-refractivity contribution is -0.306. The molecule has 0 radical (unpaired) electrons. The van der Waals surface area contributed by atoms with Gasteiger partial charge in [-0.1, -0.05) is 0 Å². The van der Waals surface area contributed by atoms with Crippen LogP contribution in [0.3, 0.4) is 0 Å². The molecular formula is C26H41NO15. The summed E-state index contributed by atoms with van der Waals surface area (Å²) in [6.45, 7) is -0.238. The molecule has 0 aliphatic carbocycles. The number of amides is 1. The van der Waals surface area contributed by atoms with Crippen LogP contribution in [0.25, 0.3) is 0 Å². The minimum atomic E-state index is -1.90. The van der Waals surface area contributed by atoms with E-state index in [4.69, 9.17) is 28.8 Å². The third-order valence-corrected chi connectivity index (χ3v) is 7.44. The molecule has 1 amide bonds. The molecular weight excluding hydrogens is 566 g/mol. The minimum absolute atomic E-state index is 0. The first-order chi connectivity index (χ1) is 19.5. The summed E-state index contributed by atoms with van der Waals surface area (Å²) in [5.74, 6) is -1.49. The van der Waals surface area contributed by atoms with Gasteiger partial charge in [-0.3, -0.25) is 4.79 Å². The lowest BCUT2D eigenvalue weighted by Crippen LogP contribution is -2.71. The van der Waals surface area contributed by atoms with E-state index in [1.807, 2.05) is 0 Å². The molecule has 1 spiro atoms. The van der Waals surface area contributed by atoms with E-state index in [0.717, 1.165) is 7.11 Å². The van der Waals surface area contributed by atoms with Gasteiger partial charge in [0, 0.05) is 26.4 Å². The van der Waals surface area contributed by atoms with Gasteiger partial charge in [-0.05, 0) is 30.7 Å². The average molecular weight is 608 g/mol. The number of nitrogens with one attached hydrogen (secondary N) is 1. The van der Waals surface area contributed by atoms with Crippen molar-refractivity contribution < 1.29 is 74.5 Å². The van der Waals surface area contributed by atoms with E-state index < -0.39 is 91.7 Å². The second kappa shape index (κ2) is 15.2. The number of methoxy groups -OCH3 is 1. The van der Waals surface area contributed by atoms with Crippen molar-refractivity contribution in [2.24, 2.45) is 5.92 Å².